The summed E-state index contributed by atoms with van der Waals surface area (Å²) in [6, 6.07) is 7.71. The van der Waals surface area contributed by atoms with Gasteiger partial charge in [0.25, 0.3) is 5.91 Å². The third kappa shape index (κ3) is 2.60. The number of nitrogens with zero attached hydrogens (tertiary/aromatic N) is 4. The molecule has 0 saturated carbocycles. The predicted molar refractivity (Wildman–Crippen MR) is 93.1 cm³/mol. The van der Waals surface area contributed by atoms with Crippen molar-refractivity contribution in [3.63, 3.8) is 0 Å². The SMILES string of the molecule is CC(C)n1cc(C2(O)CCN(C(=O)c3cccc4[nH]ccc34)C2)nn1. The van der Waals surface area contributed by atoms with Gasteiger partial charge in [-0.1, -0.05) is 11.3 Å². The van der Waals surface area contributed by atoms with Gasteiger partial charge in [-0.2, -0.15) is 0 Å². The molecule has 0 bridgehead atoms. The summed E-state index contributed by atoms with van der Waals surface area (Å²) in [7, 11) is 0. The molecule has 2 N–H and O–H groups in total. The van der Waals surface area contributed by atoms with Crippen LogP contribution >= 0.6 is 0 Å². The molecule has 7 nitrogen and oxygen atoms in total. The molecule has 3 heterocycles. The van der Waals surface area contributed by atoms with Gasteiger partial charge in [0.2, 0.25) is 0 Å². The Morgan fingerprint density at radius 2 is 2.20 bits per heavy atom. The molecule has 130 valence electrons. The standard InChI is InChI=1S/C18H21N5O2/c1-12(2)23-10-16(20-21-23)18(25)7-9-22(11-18)17(24)14-4-3-5-15-13(14)6-8-19-15/h3-6,8,10,12,19,25H,7,9,11H2,1-2H3. The Hall–Kier alpha value is -2.67. The van der Waals surface area contributed by atoms with Crippen LogP contribution in [0, 0.1) is 0 Å². The van der Waals surface area contributed by atoms with E-state index in [1.165, 1.54) is 0 Å². The van der Waals surface area contributed by atoms with E-state index < -0.39 is 5.60 Å². The van der Waals surface area contributed by atoms with E-state index in [0.717, 1.165) is 10.9 Å². The molecule has 0 aliphatic carbocycles. The Kier molecular flexibility index (Phi) is 3.61. The minimum atomic E-state index is -1.14. The Morgan fingerprint density at radius 3 is 2.96 bits per heavy atom. The molecule has 0 radical (unpaired) electrons. The highest BCUT2D eigenvalue weighted by atomic mass is 16.3. The van der Waals surface area contributed by atoms with Gasteiger partial charge in [0.1, 0.15) is 11.3 Å². The summed E-state index contributed by atoms with van der Waals surface area (Å²) in [6.45, 7) is 4.73. The third-order valence-electron chi connectivity index (χ3n) is 4.88. The number of hydrogen-bond donors (Lipinski definition) is 2. The molecule has 2 aromatic heterocycles. The van der Waals surface area contributed by atoms with Gasteiger partial charge in [-0.15, -0.1) is 5.10 Å². The second-order valence-electron chi connectivity index (χ2n) is 6.93. The highest BCUT2D eigenvalue weighted by molar-refractivity contribution is 6.06. The number of hydrogen-bond acceptors (Lipinski definition) is 4. The maximum Gasteiger partial charge on any atom is 0.254 e. The third-order valence-corrected chi connectivity index (χ3v) is 4.88. The summed E-state index contributed by atoms with van der Waals surface area (Å²) in [5.74, 6) is -0.0719. The fourth-order valence-electron chi connectivity index (χ4n) is 3.36. The minimum absolute atomic E-state index is 0.0719. The van der Waals surface area contributed by atoms with Gasteiger partial charge in [-0.05, 0) is 32.0 Å². The zero-order valence-corrected chi connectivity index (χ0v) is 14.3. The van der Waals surface area contributed by atoms with Crippen LogP contribution in [0.5, 0.6) is 0 Å². The van der Waals surface area contributed by atoms with Crippen molar-refractivity contribution in [1.29, 1.82) is 0 Å². The number of carbonyl (C=O) groups excluding carboxylic acids is 1. The molecule has 1 aliphatic heterocycles. The number of β-amino-alcohol motifs (C(OH)–C–C–N with tert-alkyl or cyclic N) is 1. The van der Waals surface area contributed by atoms with E-state index in [1.807, 2.05) is 44.3 Å². The Balaban J connectivity index is 1.59. The quantitative estimate of drug-likeness (QED) is 0.765. The summed E-state index contributed by atoms with van der Waals surface area (Å²) < 4.78 is 1.72. The van der Waals surface area contributed by atoms with Crippen LogP contribution in [-0.4, -0.2) is 49.0 Å². The monoisotopic (exact) mass is 339 g/mol. The fourth-order valence-corrected chi connectivity index (χ4v) is 3.36. The Bertz CT molecular complexity index is 928. The van der Waals surface area contributed by atoms with Gasteiger partial charge in [0.05, 0.1) is 12.7 Å². The number of aromatic nitrogens is 4. The lowest BCUT2D eigenvalue weighted by Gasteiger charge is -2.21. The lowest BCUT2D eigenvalue weighted by Crippen LogP contribution is -2.34. The molecule has 1 amide bonds. The van der Waals surface area contributed by atoms with Crippen LogP contribution in [0.1, 0.15) is 42.4 Å². The molecule has 7 heteroatoms. The zero-order valence-electron chi connectivity index (χ0n) is 14.3. The first-order chi connectivity index (χ1) is 12.0. The Labute approximate surface area is 145 Å². The summed E-state index contributed by atoms with van der Waals surface area (Å²) in [4.78, 5) is 17.8. The average Bonchev–Trinajstić information content (AvgIpc) is 3.32. The summed E-state index contributed by atoms with van der Waals surface area (Å²) in [5.41, 5.74) is 0.958. The second kappa shape index (κ2) is 5.70. The van der Waals surface area contributed by atoms with Crippen LogP contribution in [0.3, 0.4) is 0 Å². The molecule has 1 aliphatic rings. The maximum absolute atomic E-state index is 13.0. The number of likely N-dealkylation sites (tertiary alicyclic amines) is 1. The van der Waals surface area contributed by atoms with E-state index in [0.29, 0.717) is 24.2 Å². The molecule has 1 aromatic carbocycles. The zero-order chi connectivity index (χ0) is 17.6. The molecule has 1 atom stereocenters. The van der Waals surface area contributed by atoms with Gasteiger partial charge in [-0.3, -0.25) is 4.79 Å². The van der Waals surface area contributed by atoms with E-state index in [-0.39, 0.29) is 18.5 Å². The predicted octanol–water partition coefficient (Wildman–Crippen LogP) is 2.07. The van der Waals surface area contributed by atoms with E-state index in [4.69, 9.17) is 0 Å². The van der Waals surface area contributed by atoms with Crippen LogP contribution in [0.15, 0.2) is 36.7 Å². The van der Waals surface area contributed by atoms with E-state index in [9.17, 15) is 9.90 Å². The highest BCUT2D eigenvalue weighted by Gasteiger charge is 2.42. The topological polar surface area (TPSA) is 87.0 Å². The number of aromatic amines is 1. The number of rotatable bonds is 3. The van der Waals surface area contributed by atoms with Crippen molar-refractivity contribution in [3.8, 4) is 0 Å². The highest BCUT2D eigenvalue weighted by Crippen LogP contribution is 2.32. The van der Waals surface area contributed by atoms with Crippen LogP contribution < -0.4 is 0 Å². The molecule has 4 rings (SSSR count). The van der Waals surface area contributed by atoms with E-state index in [1.54, 1.807) is 15.8 Å². The van der Waals surface area contributed by atoms with Crippen molar-refractivity contribution in [2.24, 2.45) is 0 Å². The molecule has 0 spiro atoms. The van der Waals surface area contributed by atoms with E-state index >= 15 is 0 Å². The van der Waals surface area contributed by atoms with Crippen LogP contribution in [0.2, 0.25) is 0 Å². The summed E-state index contributed by atoms with van der Waals surface area (Å²) in [5, 5.41) is 20.1. The molecule has 1 saturated heterocycles. The lowest BCUT2D eigenvalue weighted by molar-refractivity contribution is 0.0382. The molecular formula is C18H21N5O2. The maximum atomic E-state index is 13.0. The van der Waals surface area contributed by atoms with Gasteiger partial charge < -0.3 is 15.0 Å². The number of amides is 1. The first-order valence-corrected chi connectivity index (χ1v) is 8.48. The normalized spacial score (nSPS) is 20.7. The van der Waals surface area contributed by atoms with Crippen molar-refractivity contribution in [2.75, 3.05) is 13.1 Å². The van der Waals surface area contributed by atoms with Gasteiger partial charge in [-0.25, -0.2) is 4.68 Å². The molecule has 1 unspecified atom stereocenters. The number of benzene rings is 1. The number of carbonyl (C=O) groups is 1. The average molecular weight is 339 g/mol. The van der Waals surface area contributed by atoms with E-state index in [2.05, 4.69) is 15.3 Å². The van der Waals surface area contributed by atoms with Gasteiger partial charge >= 0.3 is 0 Å². The Morgan fingerprint density at radius 1 is 1.36 bits per heavy atom. The minimum Gasteiger partial charge on any atom is -0.381 e. The van der Waals surface area contributed by atoms with Crippen molar-refractivity contribution < 1.29 is 9.90 Å². The van der Waals surface area contributed by atoms with Crippen LogP contribution in [0.4, 0.5) is 0 Å². The smallest absolute Gasteiger partial charge is 0.254 e. The molecular weight excluding hydrogens is 318 g/mol. The summed E-state index contributed by atoms with van der Waals surface area (Å²) in [6.07, 6.45) is 4.05. The van der Waals surface area contributed by atoms with Crippen LogP contribution in [-0.2, 0) is 5.60 Å². The van der Waals surface area contributed by atoms with Gasteiger partial charge in [0, 0.05) is 41.7 Å². The lowest BCUT2D eigenvalue weighted by atomic mass is 10.00. The largest absolute Gasteiger partial charge is 0.381 e. The van der Waals surface area contributed by atoms with Crippen molar-refractivity contribution in [2.45, 2.75) is 31.9 Å². The fraction of sp³-hybridized carbons (Fsp3) is 0.389. The first kappa shape index (κ1) is 15.8. The number of nitrogens with one attached hydrogen (secondary N) is 1. The van der Waals surface area contributed by atoms with Crippen molar-refractivity contribution >= 4 is 16.8 Å². The first-order valence-electron chi connectivity index (χ1n) is 8.48. The number of aliphatic hydroxyl groups is 1. The van der Waals surface area contributed by atoms with Gasteiger partial charge in [0.15, 0.2) is 0 Å². The molecule has 3 aromatic rings. The van der Waals surface area contributed by atoms with Crippen molar-refractivity contribution in [3.05, 3.63) is 47.9 Å². The number of H-pyrrole nitrogens is 1. The second-order valence-corrected chi connectivity index (χ2v) is 6.93. The van der Waals surface area contributed by atoms with Crippen molar-refractivity contribution in [1.82, 2.24) is 24.9 Å². The molecule has 25 heavy (non-hydrogen) atoms. The number of fused-ring (bicyclic) bond motifs is 1. The summed E-state index contributed by atoms with van der Waals surface area (Å²) >= 11 is 0. The van der Waals surface area contributed by atoms with Crippen LogP contribution in [0.25, 0.3) is 10.9 Å². The molecule has 1 fully saturated rings.